The summed E-state index contributed by atoms with van der Waals surface area (Å²) >= 11 is 5.56. The minimum absolute atomic E-state index is 0.0702. The molecule has 0 spiro atoms. The van der Waals surface area contributed by atoms with Crippen LogP contribution in [0, 0.1) is 0 Å². The molecule has 0 heterocycles. The number of hydrogen-bond acceptors (Lipinski definition) is 3. The molecule has 0 bridgehead atoms. The topological polar surface area (TPSA) is 127 Å². The third kappa shape index (κ3) is 5.37. The number of carboxylic acids is 1. The predicted molar refractivity (Wildman–Crippen MR) is 55.0 cm³/mol. The summed E-state index contributed by atoms with van der Waals surface area (Å²) in [4.78, 5) is 19.2. The molecule has 0 aliphatic carbocycles. The van der Waals surface area contributed by atoms with Crippen LogP contribution >= 0.6 is 11.6 Å². The number of carbonyl (C=O) groups is 2. The van der Waals surface area contributed by atoms with Gasteiger partial charge in [0.1, 0.15) is 0 Å². The van der Waals surface area contributed by atoms with E-state index in [1.54, 1.807) is 0 Å². The van der Waals surface area contributed by atoms with E-state index in [-0.39, 0.29) is 10.6 Å². The second kappa shape index (κ2) is 5.71. The molecule has 1 aromatic carbocycles. The van der Waals surface area contributed by atoms with Crippen LogP contribution in [0.4, 0.5) is 10.5 Å². The van der Waals surface area contributed by atoms with Crippen LogP contribution in [-0.4, -0.2) is 22.3 Å². The molecule has 0 aliphatic rings. The Kier molecular flexibility index (Phi) is 4.97. The summed E-state index contributed by atoms with van der Waals surface area (Å²) in [5.41, 5.74) is 9.91. The van der Waals surface area contributed by atoms with Gasteiger partial charge >= 0.3 is 12.1 Å². The van der Waals surface area contributed by atoms with Crippen LogP contribution < -0.4 is 11.5 Å². The first-order valence-corrected chi connectivity index (χ1v) is 3.99. The Morgan fingerprint density at radius 1 is 1.27 bits per heavy atom. The number of anilines is 1. The fraction of sp³-hybridized carbons (Fsp3) is 0. The molecule has 6 nitrogen and oxygen atoms in total. The zero-order valence-electron chi connectivity index (χ0n) is 7.48. The first-order chi connectivity index (χ1) is 6.84. The number of rotatable bonds is 1. The van der Waals surface area contributed by atoms with Gasteiger partial charge in [0.05, 0.1) is 10.6 Å². The van der Waals surface area contributed by atoms with Gasteiger partial charge in [0.2, 0.25) is 0 Å². The highest BCUT2D eigenvalue weighted by Crippen LogP contribution is 2.18. The highest BCUT2D eigenvalue weighted by atomic mass is 35.5. The quantitative estimate of drug-likeness (QED) is 0.542. The maximum Gasteiger partial charge on any atom is 0.402 e. The summed E-state index contributed by atoms with van der Waals surface area (Å²) in [7, 11) is 0. The summed E-state index contributed by atoms with van der Waals surface area (Å²) < 4.78 is 0. The number of carboxylic acid groups (broad SMARTS) is 2. The Balaban J connectivity index is 0.000000423. The zero-order valence-corrected chi connectivity index (χ0v) is 8.23. The molecule has 1 rings (SSSR count). The molecule has 1 amide bonds. The van der Waals surface area contributed by atoms with E-state index < -0.39 is 12.1 Å². The third-order valence-electron chi connectivity index (χ3n) is 1.22. The van der Waals surface area contributed by atoms with E-state index in [1.807, 2.05) is 0 Å². The SMILES string of the molecule is NC(=O)O.Nc1ccc(C(=O)O)c(Cl)c1. The molecule has 0 aromatic heterocycles. The van der Waals surface area contributed by atoms with E-state index >= 15 is 0 Å². The van der Waals surface area contributed by atoms with E-state index in [0.29, 0.717) is 5.69 Å². The van der Waals surface area contributed by atoms with Gasteiger partial charge < -0.3 is 21.7 Å². The molecule has 1 aromatic rings. The molecule has 7 heteroatoms. The Morgan fingerprint density at radius 2 is 1.73 bits per heavy atom. The minimum atomic E-state index is -1.33. The van der Waals surface area contributed by atoms with E-state index in [1.165, 1.54) is 18.2 Å². The first kappa shape index (κ1) is 13.1. The number of primary amides is 1. The van der Waals surface area contributed by atoms with Crippen molar-refractivity contribution in [3.8, 4) is 0 Å². The van der Waals surface area contributed by atoms with Crippen molar-refractivity contribution in [1.82, 2.24) is 0 Å². The lowest BCUT2D eigenvalue weighted by Gasteiger charge is -1.98. The number of halogens is 1. The van der Waals surface area contributed by atoms with Gasteiger partial charge in [-0.2, -0.15) is 0 Å². The Bertz CT molecular complexity index is 377. The monoisotopic (exact) mass is 232 g/mol. The van der Waals surface area contributed by atoms with Gasteiger partial charge in [-0.25, -0.2) is 9.59 Å². The molecule has 0 saturated heterocycles. The van der Waals surface area contributed by atoms with Crippen molar-refractivity contribution in [2.45, 2.75) is 0 Å². The van der Waals surface area contributed by atoms with Gasteiger partial charge in [0.25, 0.3) is 0 Å². The van der Waals surface area contributed by atoms with Gasteiger partial charge in [-0.1, -0.05) is 11.6 Å². The van der Waals surface area contributed by atoms with Crippen molar-refractivity contribution in [2.75, 3.05) is 5.73 Å². The maximum absolute atomic E-state index is 10.4. The van der Waals surface area contributed by atoms with Crippen LogP contribution in [0.5, 0.6) is 0 Å². The Labute approximate surface area is 90.1 Å². The summed E-state index contributed by atoms with van der Waals surface area (Å²) in [5.74, 6) is -1.05. The van der Waals surface area contributed by atoms with Crippen molar-refractivity contribution >= 4 is 29.4 Å². The molecule has 0 unspecified atom stereocenters. The number of amides is 1. The van der Waals surface area contributed by atoms with E-state index in [9.17, 15) is 4.79 Å². The zero-order chi connectivity index (χ0) is 12.0. The number of nitrogen functional groups attached to an aromatic ring is 1. The lowest BCUT2D eigenvalue weighted by Crippen LogP contribution is -2.03. The highest BCUT2D eigenvalue weighted by molar-refractivity contribution is 6.33. The van der Waals surface area contributed by atoms with Gasteiger partial charge in [0, 0.05) is 5.69 Å². The van der Waals surface area contributed by atoms with Crippen LogP contribution in [0.1, 0.15) is 10.4 Å². The number of nitrogens with two attached hydrogens (primary N) is 2. The number of benzene rings is 1. The molecule has 0 radical (unpaired) electrons. The lowest BCUT2D eigenvalue weighted by molar-refractivity contribution is 0.0697. The molecule has 0 atom stereocenters. The van der Waals surface area contributed by atoms with E-state index in [2.05, 4.69) is 5.73 Å². The second-order valence-corrected chi connectivity index (χ2v) is 2.79. The summed E-state index contributed by atoms with van der Waals surface area (Å²) in [5, 5.41) is 15.9. The number of hydrogen-bond donors (Lipinski definition) is 4. The molecule has 0 saturated carbocycles. The predicted octanol–water partition coefficient (Wildman–Crippen LogP) is 1.24. The van der Waals surface area contributed by atoms with Crippen LogP contribution in [0.3, 0.4) is 0 Å². The molecule has 15 heavy (non-hydrogen) atoms. The van der Waals surface area contributed by atoms with Gasteiger partial charge in [-0.15, -0.1) is 0 Å². The first-order valence-electron chi connectivity index (χ1n) is 3.61. The lowest BCUT2D eigenvalue weighted by atomic mass is 10.2. The Morgan fingerprint density at radius 3 is 2.07 bits per heavy atom. The normalized spacial score (nSPS) is 8.60. The van der Waals surface area contributed by atoms with Crippen LogP contribution in [0.2, 0.25) is 5.02 Å². The van der Waals surface area contributed by atoms with E-state index in [4.69, 9.17) is 32.3 Å². The fourth-order valence-electron chi connectivity index (χ4n) is 0.705. The molecule has 82 valence electrons. The molecule has 0 aliphatic heterocycles. The van der Waals surface area contributed by atoms with Crippen molar-refractivity contribution in [1.29, 1.82) is 0 Å². The minimum Gasteiger partial charge on any atom is -0.478 e. The third-order valence-corrected chi connectivity index (χ3v) is 1.54. The molecule has 6 N–H and O–H groups in total. The summed E-state index contributed by atoms with van der Waals surface area (Å²) in [6, 6.07) is 4.28. The molecular weight excluding hydrogens is 224 g/mol. The maximum atomic E-state index is 10.4. The van der Waals surface area contributed by atoms with Crippen molar-refractivity contribution in [3.05, 3.63) is 28.8 Å². The van der Waals surface area contributed by atoms with E-state index in [0.717, 1.165) is 0 Å². The summed E-state index contributed by atoms with van der Waals surface area (Å²) in [6.45, 7) is 0. The van der Waals surface area contributed by atoms with Crippen LogP contribution in [-0.2, 0) is 0 Å². The van der Waals surface area contributed by atoms with Gasteiger partial charge in [0.15, 0.2) is 0 Å². The second-order valence-electron chi connectivity index (χ2n) is 2.38. The van der Waals surface area contributed by atoms with Crippen molar-refractivity contribution in [2.24, 2.45) is 5.73 Å². The highest BCUT2D eigenvalue weighted by Gasteiger charge is 2.06. The van der Waals surface area contributed by atoms with Gasteiger partial charge in [-0.05, 0) is 18.2 Å². The average Bonchev–Trinajstić information content (AvgIpc) is 2.01. The van der Waals surface area contributed by atoms with Crippen molar-refractivity contribution in [3.63, 3.8) is 0 Å². The van der Waals surface area contributed by atoms with Gasteiger partial charge in [-0.3, -0.25) is 0 Å². The standard InChI is InChI=1S/C7H6ClNO2.CH3NO2/c8-6-3-4(9)1-2-5(6)7(10)11;2-1(3)4/h1-3H,9H2,(H,10,11);2H2,(H,3,4). The van der Waals surface area contributed by atoms with Crippen molar-refractivity contribution < 1.29 is 19.8 Å². The molecular formula is C8H9ClN2O4. The van der Waals surface area contributed by atoms with Crippen LogP contribution in [0.25, 0.3) is 0 Å². The van der Waals surface area contributed by atoms with Crippen LogP contribution in [0.15, 0.2) is 18.2 Å². The fourth-order valence-corrected chi connectivity index (χ4v) is 0.975. The molecule has 0 fully saturated rings. The Hall–Kier alpha value is -1.95. The largest absolute Gasteiger partial charge is 0.478 e. The average molecular weight is 233 g/mol. The number of aromatic carboxylic acids is 1. The smallest absolute Gasteiger partial charge is 0.402 e. The summed E-state index contributed by atoms with van der Waals surface area (Å²) in [6.07, 6.45) is -1.33.